The van der Waals surface area contributed by atoms with Crippen LogP contribution in [0.15, 0.2) is 42.6 Å². The van der Waals surface area contributed by atoms with Crippen LogP contribution in [0.5, 0.6) is 0 Å². The Balaban J connectivity index is 1.84. The molecule has 5 heteroatoms. The first-order valence-electron chi connectivity index (χ1n) is 6.84. The summed E-state index contributed by atoms with van der Waals surface area (Å²) in [5.41, 5.74) is 1.62. The first-order chi connectivity index (χ1) is 10.2. The average molecular weight is 278 g/mol. The molecule has 104 valence electrons. The van der Waals surface area contributed by atoms with Crippen LogP contribution < -0.4 is 5.32 Å². The molecule has 3 rings (SSSR count). The minimum atomic E-state index is -0.345. The summed E-state index contributed by atoms with van der Waals surface area (Å²) < 4.78 is 0. The van der Waals surface area contributed by atoms with Crippen LogP contribution >= 0.6 is 0 Å². The van der Waals surface area contributed by atoms with E-state index in [2.05, 4.69) is 21.6 Å². The quantitative estimate of drug-likeness (QED) is 0.933. The summed E-state index contributed by atoms with van der Waals surface area (Å²) in [7, 11) is 0. The molecular formula is C16H14N4O. The summed E-state index contributed by atoms with van der Waals surface area (Å²) in [6.07, 6.45) is 4.40. The molecule has 0 radical (unpaired) electrons. The van der Waals surface area contributed by atoms with E-state index in [1.165, 1.54) is 6.20 Å². The van der Waals surface area contributed by atoms with Crippen molar-refractivity contribution in [2.75, 3.05) is 0 Å². The van der Waals surface area contributed by atoms with Crippen molar-refractivity contribution in [1.82, 2.24) is 15.5 Å². The molecule has 1 fully saturated rings. The number of nitrogens with one attached hydrogen (secondary N) is 1. The molecule has 0 spiro atoms. The van der Waals surface area contributed by atoms with Crippen LogP contribution in [0.2, 0.25) is 0 Å². The molecule has 1 saturated carbocycles. The van der Waals surface area contributed by atoms with E-state index in [1.807, 2.05) is 12.1 Å². The highest BCUT2D eigenvalue weighted by Crippen LogP contribution is 2.41. The molecule has 1 N–H and O–H groups in total. The van der Waals surface area contributed by atoms with Crippen LogP contribution in [0.4, 0.5) is 0 Å². The number of aromatic nitrogens is 2. The summed E-state index contributed by atoms with van der Waals surface area (Å²) in [4.78, 5) is 12.3. The molecule has 1 amide bonds. The summed E-state index contributed by atoms with van der Waals surface area (Å²) in [6.45, 7) is 0. The highest BCUT2D eigenvalue weighted by Gasteiger charge is 2.40. The second-order valence-electron chi connectivity index (χ2n) is 5.19. The second kappa shape index (κ2) is 5.33. The lowest BCUT2D eigenvalue weighted by molar-refractivity contribution is 0.0817. The van der Waals surface area contributed by atoms with Crippen molar-refractivity contribution in [1.29, 1.82) is 5.26 Å². The van der Waals surface area contributed by atoms with Crippen molar-refractivity contribution < 1.29 is 4.79 Å². The summed E-state index contributed by atoms with van der Waals surface area (Å²) in [6, 6.07) is 12.8. The first kappa shape index (κ1) is 13.3. The molecule has 0 bridgehead atoms. The third kappa shape index (κ3) is 2.48. The Bertz CT molecular complexity index is 684. The van der Waals surface area contributed by atoms with Gasteiger partial charge in [-0.25, -0.2) is 0 Å². The van der Waals surface area contributed by atoms with Crippen LogP contribution in [0.1, 0.15) is 40.9 Å². The molecular weight excluding hydrogens is 264 g/mol. The predicted octanol–water partition coefficient (Wildman–Crippen LogP) is 2.16. The Morgan fingerprint density at radius 3 is 2.52 bits per heavy atom. The van der Waals surface area contributed by atoms with E-state index in [9.17, 15) is 4.79 Å². The zero-order chi connectivity index (χ0) is 14.7. The van der Waals surface area contributed by atoms with Gasteiger partial charge in [-0.3, -0.25) is 4.79 Å². The van der Waals surface area contributed by atoms with Gasteiger partial charge < -0.3 is 5.32 Å². The Morgan fingerprint density at radius 2 is 2.00 bits per heavy atom. The van der Waals surface area contributed by atoms with Crippen LogP contribution in [0.25, 0.3) is 0 Å². The lowest BCUT2D eigenvalue weighted by Gasteiger charge is -2.43. The molecule has 5 nitrogen and oxygen atoms in total. The molecule has 1 aromatic heterocycles. The van der Waals surface area contributed by atoms with E-state index in [0.717, 1.165) is 24.8 Å². The van der Waals surface area contributed by atoms with Crippen molar-refractivity contribution in [3.8, 4) is 6.07 Å². The number of amides is 1. The normalized spacial score (nSPS) is 15.6. The molecule has 1 aliphatic carbocycles. The van der Waals surface area contributed by atoms with Crippen molar-refractivity contribution in [2.45, 2.75) is 24.8 Å². The summed E-state index contributed by atoms with van der Waals surface area (Å²) >= 11 is 0. The monoisotopic (exact) mass is 278 g/mol. The van der Waals surface area contributed by atoms with Crippen LogP contribution in [0, 0.1) is 11.3 Å². The van der Waals surface area contributed by atoms with E-state index >= 15 is 0 Å². The van der Waals surface area contributed by atoms with Gasteiger partial charge in [0.15, 0.2) is 5.69 Å². The van der Waals surface area contributed by atoms with Crippen LogP contribution in [-0.4, -0.2) is 16.1 Å². The smallest absolute Gasteiger partial charge is 0.272 e. The van der Waals surface area contributed by atoms with Crippen molar-refractivity contribution in [2.24, 2.45) is 0 Å². The topological polar surface area (TPSA) is 78.7 Å². The van der Waals surface area contributed by atoms with Gasteiger partial charge in [-0.2, -0.15) is 10.4 Å². The Hall–Kier alpha value is -2.74. The second-order valence-corrected chi connectivity index (χ2v) is 5.19. The number of nitriles is 1. The molecule has 0 saturated heterocycles. The molecule has 2 aromatic rings. The molecule has 1 heterocycles. The molecule has 21 heavy (non-hydrogen) atoms. The zero-order valence-electron chi connectivity index (χ0n) is 11.4. The maximum absolute atomic E-state index is 12.3. The molecule has 1 aliphatic rings. The van der Waals surface area contributed by atoms with Gasteiger partial charge in [0.1, 0.15) is 0 Å². The van der Waals surface area contributed by atoms with Crippen LogP contribution in [-0.2, 0) is 5.54 Å². The maximum Gasteiger partial charge on any atom is 0.272 e. The molecule has 0 atom stereocenters. The summed E-state index contributed by atoms with van der Waals surface area (Å²) in [5.74, 6) is -0.216. The number of hydrogen-bond donors (Lipinski definition) is 1. The Labute approximate surface area is 122 Å². The zero-order valence-corrected chi connectivity index (χ0v) is 11.4. The SMILES string of the molecule is N#Cc1ccc(C2(NC(=O)c3cccnn3)CCC2)cc1. The number of rotatable bonds is 3. The van der Waals surface area contributed by atoms with Gasteiger partial charge in [0, 0.05) is 6.20 Å². The van der Waals surface area contributed by atoms with E-state index in [1.54, 1.807) is 24.3 Å². The first-order valence-corrected chi connectivity index (χ1v) is 6.84. The number of hydrogen-bond acceptors (Lipinski definition) is 4. The number of benzene rings is 1. The standard InChI is InChI=1S/C16H14N4O/c17-11-12-4-6-13(7-5-12)16(8-2-9-16)19-15(21)14-3-1-10-18-20-14/h1,3-7,10H,2,8-9H2,(H,19,21). The van der Waals surface area contributed by atoms with E-state index in [0.29, 0.717) is 11.3 Å². The highest BCUT2D eigenvalue weighted by atomic mass is 16.2. The summed E-state index contributed by atoms with van der Waals surface area (Å²) in [5, 5.41) is 19.5. The van der Waals surface area contributed by atoms with Crippen LogP contribution in [0.3, 0.4) is 0 Å². The fourth-order valence-corrected chi connectivity index (χ4v) is 2.58. The van der Waals surface area contributed by atoms with Gasteiger partial charge in [0.05, 0.1) is 17.2 Å². The number of carbonyl (C=O) groups is 1. The average Bonchev–Trinajstić information content (AvgIpc) is 2.52. The van der Waals surface area contributed by atoms with Gasteiger partial charge >= 0.3 is 0 Å². The number of carbonyl (C=O) groups excluding carboxylic acids is 1. The van der Waals surface area contributed by atoms with Gasteiger partial charge in [0.2, 0.25) is 0 Å². The number of nitrogens with zero attached hydrogens (tertiary/aromatic N) is 3. The fourth-order valence-electron chi connectivity index (χ4n) is 2.58. The van der Waals surface area contributed by atoms with Crippen molar-refractivity contribution >= 4 is 5.91 Å². The Morgan fingerprint density at radius 1 is 1.24 bits per heavy atom. The van der Waals surface area contributed by atoms with Crippen molar-refractivity contribution in [3.05, 3.63) is 59.4 Å². The van der Waals surface area contributed by atoms with Gasteiger partial charge in [-0.1, -0.05) is 12.1 Å². The third-order valence-corrected chi connectivity index (χ3v) is 3.93. The minimum Gasteiger partial charge on any atom is -0.341 e. The minimum absolute atomic E-state index is 0.216. The highest BCUT2D eigenvalue weighted by molar-refractivity contribution is 5.92. The van der Waals surface area contributed by atoms with Gasteiger partial charge in [0.25, 0.3) is 5.91 Å². The lowest BCUT2D eigenvalue weighted by atomic mass is 9.71. The third-order valence-electron chi connectivity index (χ3n) is 3.93. The molecule has 0 unspecified atom stereocenters. The van der Waals surface area contributed by atoms with Gasteiger partial charge in [-0.15, -0.1) is 5.10 Å². The fraction of sp³-hybridized carbons (Fsp3) is 0.250. The van der Waals surface area contributed by atoms with Crippen molar-refractivity contribution in [3.63, 3.8) is 0 Å². The van der Waals surface area contributed by atoms with E-state index in [-0.39, 0.29) is 11.4 Å². The van der Waals surface area contributed by atoms with Gasteiger partial charge in [-0.05, 0) is 49.1 Å². The molecule has 1 aromatic carbocycles. The largest absolute Gasteiger partial charge is 0.341 e. The van der Waals surface area contributed by atoms with E-state index in [4.69, 9.17) is 5.26 Å². The predicted molar refractivity (Wildman–Crippen MR) is 76.2 cm³/mol. The lowest BCUT2D eigenvalue weighted by Crippen LogP contribution is -2.51. The van der Waals surface area contributed by atoms with E-state index < -0.39 is 0 Å². The Kier molecular flexibility index (Phi) is 3.36. The molecule has 0 aliphatic heterocycles. The maximum atomic E-state index is 12.3.